The second kappa shape index (κ2) is 4.23. The molecule has 0 unspecified atom stereocenters. The number of ketones is 1. The lowest BCUT2D eigenvalue weighted by Gasteiger charge is -1.99. The Bertz CT molecular complexity index is 569. The number of fused-ring (bicyclic) bond motifs is 1. The van der Waals surface area contributed by atoms with Crippen molar-refractivity contribution >= 4 is 16.8 Å². The Hall–Kier alpha value is -2.03. The van der Waals surface area contributed by atoms with Crippen LogP contribution in [0.4, 0.5) is 0 Å². The highest BCUT2D eigenvalue weighted by atomic mass is 16.1. The average Bonchev–Trinajstić information content (AvgIpc) is 2.27. The summed E-state index contributed by atoms with van der Waals surface area (Å²) in [5, 5.41) is 0. The van der Waals surface area contributed by atoms with Gasteiger partial charge in [-0.2, -0.15) is 0 Å². The average molecular weight is 212 g/mol. The Kier molecular flexibility index (Phi) is 2.77. The summed E-state index contributed by atoms with van der Waals surface area (Å²) in [6, 6.07) is 5.36. The van der Waals surface area contributed by atoms with Crippen LogP contribution in [0, 0.1) is 0 Å². The molecule has 0 atom stereocenters. The zero-order valence-electron chi connectivity index (χ0n) is 9.27. The fourth-order valence-electron chi connectivity index (χ4n) is 1.46. The van der Waals surface area contributed by atoms with E-state index in [1.165, 1.54) is 0 Å². The van der Waals surface area contributed by atoms with Crippen molar-refractivity contribution in [3.05, 3.63) is 47.8 Å². The van der Waals surface area contributed by atoms with Crippen LogP contribution >= 0.6 is 0 Å². The maximum atomic E-state index is 11.8. The van der Waals surface area contributed by atoms with Gasteiger partial charge in [0.05, 0.1) is 11.0 Å². The molecule has 0 bridgehead atoms. The lowest BCUT2D eigenvalue weighted by molar-refractivity contribution is 0.104. The summed E-state index contributed by atoms with van der Waals surface area (Å²) in [6.07, 6.45) is 4.88. The lowest BCUT2D eigenvalue weighted by atomic mass is 10.1. The van der Waals surface area contributed by atoms with Gasteiger partial charge >= 0.3 is 0 Å². The van der Waals surface area contributed by atoms with Gasteiger partial charge in [-0.1, -0.05) is 5.57 Å². The van der Waals surface area contributed by atoms with Crippen LogP contribution in [0.3, 0.4) is 0 Å². The minimum absolute atomic E-state index is 0.00699. The van der Waals surface area contributed by atoms with Crippen LogP contribution in [-0.4, -0.2) is 15.8 Å². The summed E-state index contributed by atoms with van der Waals surface area (Å²) >= 11 is 0. The van der Waals surface area contributed by atoms with E-state index in [-0.39, 0.29) is 5.78 Å². The third-order valence-electron chi connectivity index (χ3n) is 2.17. The summed E-state index contributed by atoms with van der Waals surface area (Å²) in [5.41, 5.74) is 3.19. The first-order valence-electron chi connectivity index (χ1n) is 5.07. The first-order valence-corrected chi connectivity index (χ1v) is 5.07. The first kappa shape index (κ1) is 10.5. The van der Waals surface area contributed by atoms with Crippen molar-refractivity contribution < 1.29 is 4.79 Å². The van der Waals surface area contributed by atoms with E-state index in [1.807, 2.05) is 19.9 Å². The van der Waals surface area contributed by atoms with E-state index >= 15 is 0 Å². The second-order valence-corrected chi connectivity index (χ2v) is 3.85. The minimum atomic E-state index is 0.00699. The predicted octanol–water partition coefficient (Wildman–Crippen LogP) is 2.78. The van der Waals surface area contributed by atoms with Crippen molar-refractivity contribution in [3.63, 3.8) is 0 Å². The molecule has 2 aromatic rings. The largest absolute Gasteiger partial charge is 0.289 e. The molecule has 0 N–H and O–H groups in total. The third kappa shape index (κ3) is 2.14. The van der Waals surface area contributed by atoms with Crippen molar-refractivity contribution in [2.45, 2.75) is 13.8 Å². The molecule has 0 fully saturated rings. The number of hydrogen-bond donors (Lipinski definition) is 0. The number of carbonyl (C=O) groups excluding carboxylic acids is 1. The number of hydrogen-bond acceptors (Lipinski definition) is 3. The van der Waals surface area contributed by atoms with Crippen LogP contribution in [-0.2, 0) is 0 Å². The van der Waals surface area contributed by atoms with Crippen molar-refractivity contribution in [2.24, 2.45) is 0 Å². The van der Waals surface area contributed by atoms with Crippen molar-refractivity contribution in [1.29, 1.82) is 0 Å². The monoisotopic (exact) mass is 212 g/mol. The van der Waals surface area contributed by atoms with Crippen molar-refractivity contribution in [1.82, 2.24) is 9.97 Å². The van der Waals surface area contributed by atoms with Gasteiger partial charge < -0.3 is 0 Å². The van der Waals surface area contributed by atoms with Gasteiger partial charge in [-0.3, -0.25) is 14.8 Å². The number of carbonyl (C=O) groups is 1. The van der Waals surface area contributed by atoms with Crippen LogP contribution in [0.15, 0.2) is 42.2 Å². The molecule has 0 saturated carbocycles. The summed E-state index contributed by atoms with van der Waals surface area (Å²) in [7, 11) is 0. The minimum Gasteiger partial charge on any atom is -0.289 e. The van der Waals surface area contributed by atoms with E-state index in [9.17, 15) is 4.79 Å². The molecule has 0 aliphatic carbocycles. The number of aromatic nitrogens is 2. The van der Waals surface area contributed by atoms with Crippen LogP contribution in [0.1, 0.15) is 24.2 Å². The molecule has 2 rings (SSSR count). The molecule has 1 aromatic heterocycles. The number of allylic oxidation sites excluding steroid dienone is 2. The molecular formula is C13H12N2O. The van der Waals surface area contributed by atoms with Gasteiger partial charge in [0.1, 0.15) is 0 Å². The maximum Gasteiger partial charge on any atom is 0.185 e. The molecule has 0 saturated heterocycles. The topological polar surface area (TPSA) is 42.9 Å². The van der Waals surface area contributed by atoms with E-state index in [0.29, 0.717) is 5.56 Å². The van der Waals surface area contributed by atoms with Gasteiger partial charge in [-0.25, -0.2) is 0 Å². The molecule has 80 valence electrons. The van der Waals surface area contributed by atoms with Gasteiger partial charge in [-0.15, -0.1) is 0 Å². The molecule has 3 heteroatoms. The smallest absolute Gasteiger partial charge is 0.185 e. The zero-order chi connectivity index (χ0) is 11.5. The predicted molar refractivity (Wildman–Crippen MR) is 63.3 cm³/mol. The summed E-state index contributed by atoms with van der Waals surface area (Å²) < 4.78 is 0. The van der Waals surface area contributed by atoms with E-state index in [2.05, 4.69) is 9.97 Å². The maximum absolute atomic E-state index is 11.8. The van der Waals surface area contributed by atoms with Crippen LogP contribution < -0.4 is 0 Å². The molecule has 0 spiro atoms. The molecule has 0 radical (unpaired) electrons. The SMILES string of the molecule is CC(C)=CC(=O)c1ccc2nccnc2c1. The molecule has 0 aliphatic heterocycles. The number of rotatable bonds is 2. The summed E-state index contributed by atoms with van der Waals surface area (Å²) in [5.74, 6) is 0.00699. The molecule has 0 aliphatic rings. The Morgan fingerprint density at radius 3 is 2.50 bits per heavy atom. The fraction of sp³-hybridized carbons (Fsp3) is 0.154. The van der Waals surface area contributed by atoms with E-state index in [1.54, 1.807) is 30.6 Å². The quantitative estimate of drug-likeness (QED) is 0.568. The van der Waals surface area contributed by atoms with Crippen molar-refractivity contribution in [2.75, 3.05) is 0 Å². The fourth-order valence-corrected chi connectivity index (χ4v) is 1.46. The molecule has 1 aromatic carbocycles. The third-order valence-corrected chi connectivity index (χ3v) is 2.17. The molecule has 1 heterocycles. The van der Waals surface area contributed by atoms with Crippen LogP contribution in [0.2, 0.25) is 0 Å². The Labute approximate surface area is 93.8 Å². The number of nitrogens with zero attached hydrogens (tertiary/aromatic N) is 2. The van der Waals surface area contributed by atoms with Crippen molar-refractivity contribution in [3.8, 4) is 0 Å². The molecule has 3 nitrogen and oxygen atoms in total. The summed E-state index contributed by atoms with van der Waals surface area (Å²) in [6.45, 7) is 3.80. The van der Waals surface area contributed by atoms with Gasteiger partial charge in [0.2, 0.25) is 0 Å². The Morgan fingerprint density at radius 2 is 1.81 bits per heavy atom. The van der Waals surface area contributed by atoms with E-state index in [4.69, 9.17) is 0 Å². The Morgan fingerprint density at radius 1 is 1.12 bits per heavy atom. The highest BCUT2D eigenvalue weighted by molar-refractivity contribution is 6.06. The zero-order valence-corrected chi connectivity index (χ0v) is 9.27. The van der Waals surface area contributed by atoms with Gasteiger partial charge in [-0.05, 0) is 38.1 Å². The highest BCUT2D eigenvalue weighted by Crippen LogP contribution is 2.12. The lowest BCUT2D eigenvalue weighted by Crippen LogP contribution is -1.95. The summed E-state index contributed by atoms with van der Waals surface area (Å²) in [4.78, 5) is 20.1. The van der Waals surface area contributed by atoms with Crippen LogP contribution in [0.5, 0.6) is 0 Å². The molecular weight excluding hydrogens is 200 g/mol. The standard InChI is InChI=1S/C13H12N2O/c1-9(2)7-13(16)10-3-4-11-12(8-10)15-6-5-14-11/h3-8H,1-2H3. The molecule has 16 heavy (non-hydrogen) atoms. The van der Waals surface area contributed by atoms with Crippen LogP contribution in [0.25, 0.3) is 11.0 Å². The highest BCUT2D eigenvalue weighted by Gasteiger charge is 2.04. The van der Waals surface area contributed by atoms with Gasteiger partial charge in [0.25, 0.3) is 0 Å². The van der Waals surface area contributed by atoms with Gasteiger partial charge in [0.15, 0.2) is 5.78 Å². The first-order chi connectivity index (χ1) is 7.66. The van der Waals surface area contributed by atoms with Gasteiger partial charge in [0, 0.05) is 18.0 Å². The van der Waals surface area contributed by atoms with E-state index in [0.717, 1.165) is 16.6 Å². The Balaban J connectivity index is 2.47. The number of benzene rings is 1. The normalized spacial score (nSPS) is 10.1. The second-order valence-electron chi connectivity index (χ2n) is 3.85. The molecule has 0 amide bonds. The van der Waals surface area contributed by atoms with E-state index < -0.39 is 0 Å².